The number of benzene rings is 1. The third-order valence-corrected chi connectivity index (χ3v) is 6.37. The van der Waals surface area contributed by atoms with Gasteiger partial charge in [-0.1, -0.05) is 12.1 Å². The Morgan fingerprint density at radius 1 is 1.27 bits per heavy atom. The lowest BCUT2D eigenvalue weighted by molar-refractivity contribution is 0.184. The van der Waals surface area contributed by atoms with Gasteiger partial charge < -0.3 is 10.1 Å². The maximum atomic E-state index is 13.0. The average molecular weight is 347 g/mol. The van der Waals surface area contributed by atoms with Gasteiger partial charge in [0.15, 0.2) is 0 Å². The number of sulfonamides is 1. The highest BCUT2D eigenvalue weighted by Crippen LogP contribution is 2.33. The predicted octanol–water partition coefficient (Wildman–Crippen LogP) is 1.77. The molecule has 22 heavy (non-hydrogen) atoms. The van der Waals surface area contributed by atoms with Gasteiger partial charge in [0.1, 0.15) is 0 Å². The summed E-state index contributed by atoms with van der Waals surface area (Å²) in [5.41, 5.74) is 0.888. The molecule has 2 saturated heterocycles. The molecule has 0 saturated carbocycles. The van der Waals surface area contributed by atoms with E-state index >= 15 is 0 Å². The average Bonchev–Trinajstić information content (AvgIpc) is 2.73. The number of hydrogen-bond acceptors (Lipinski definition) is 4. The third kappa shape index (κ3) is 3.31. The highest BCUT2D eigenvalue weighted by molar-refractivity contribution is 7.89. The van der Waals surface area contributed by atoms with E-state index in [0.29, 0.717) is 11.5 Å². The van der Waals surface area contributed by atoms with Crippen molar-refractivity contribution in [1.29, 1.82) is 0 Å². The molecule has 0 spiro atoms. The number of nitrogens with one attached hydrogen (secondary N) is 1. The van der Waals surface area contributed by atoms with Crippen LogP contribution >= 0.6 is 12.4 Å². The maximum Gasteiger partial charge on any atom is 0.243 e. The number of fused-ring (bicyclic) bond motifs is 2. The molecule has 0 aromatic heterocycles. The Morgan fingerprint density at radius 2 is 2.05 bits per heavy atom. The summed E-state index contributed by atoms with van der Waals surface area (Å²) in [6.07, 6.45) is 2.82. The van der Waals surface area contributed by atoms with Crippen LogP contribution < -0.4 is 5.32 Å². The zero-order valence-electron chi connectivity index (χ0n) is 12.7. The summed E-state index contributed by atoms with van der Waals surface area (Å²) in [6.45, 7) is 2.09. The Bertz CT molecular complexity index is 595. The van der Waals surface area contributed by atoms with Crippen molar-refractivity contribution in [1.82, 2.24) is 9.62 Å². The molecule has 0 radical (unpaired) electrons. The molecule has 2 fully saturated rings. The van der Waals surface area contributed by atoms with E-state index in [0.717, 1.165) is 37.9 Å². The van der Waals surface area contributed by atoms with Gasteiger partial charge in [0.05, 0.1) is 11.5 Å². The van der Waals surface area contributed by atoms with E-state index in [1.54, 1.807) is 29.6 Å². The molecule has 3 rings (SSSR count). The van der Waals surface area contributed by atoms with Gasteiger partial charge in [-0.25, -0.2) is 8.42 Å². The summed E-state index contributed by atoms with van der Waals surface area (Å²) in [7, 11) is -1.81. The summed E-state index contributed by atoms with van der Waals surface area (Å²) >= 11 is 0. The SMILES string of the molecule is COCc1cccc(S(=O)(=O)N2C3CCNCC2CC3)c1.Cl. The van der Waals surface area contributed by atoms with Crippen LogP contribution in [-0.2, 0) is 21.4 Å². The maximum absolute atomic E-state index is 13.0. The van der Waals surface area contributed by atoms with Crippen LogP contribution in [0.3, 0.4) is 0 Å². The van der Waals surface area contributed by atoms with E-state index < -0.39 is 10.0 Å². The van der Waals surface area contributed by atoms with Gasteiger partial charge in [-0.2, -0.15) is 4.31 Å². The minimum atomic E-state index is -3.42. The Labute approximate surface area is 138 Å². The number of rotatable bonds is 4. The molecular weight excluding hydrogens is 324 g/mol. The first-order valence-electron chi connectivity index (χ1n) is 7.45. The Balaban J connectivity index is 0.00000176. The zero-order valence-corrected chi connectivity index (χ0v) is 14.3. The lowest BCUT2D eigenvalue weighted by atomic mass is 10.1. The molecule has 2 unspecified atom stereocenters. The topological polar surface area (TPSA) is 58.6 Å². The van der Waals surface area contributed by atoms with Gasteiger partial charge in [0, 0.05) is 25.7 Å². The monoisotopic (exact) mass is 346 g/mol. The Hall–Kier alpha value is -0.660. The molecule has 124 valence electrons. The van der Waals surface area contributed by atoms with Gasteiger partial charge in [-0.3, -0.25) is 0 Å². The standard InChI is InChI=1S/C15H22N2O3S.ClH/c1-20-11-12-3-2-4-15(9-12)21(18,19)17-13-5-6-14(17)10-16-8-7-13;/h2-4,9,13-14,16H,5-8,10-11H2,1H3;1H. The van der Waals surface area contributed by atoms with Crippen molar-refractivity contribution in [2.24, 2.45) is 0 Å². The van der Waals surface area contributed by atoms with Crippen molar-refractivity contribution in [2.45, 2.75) is 42.8 Å². The van der Waals surface area contributed by atoms with Crippen LogP contribution in [-0.4, -0.2) is 45.0 Å². The highest BCUT2D eigenvalue weighted by Gasteiger charge is 2.42. The van der Waals surface area contributed by atoms with Crippen LogP contribution in [0.5, 0.6) is 0 Å². The molecule has 2 bridgehead atoms. The summed E-state index contributed by atoms with van der Waals surface area (Å²) in [5.74, 6) is 0. The van der Waals surface area contributed by atoms with E-state index in [4.69, 9.17) is 4.74 Å². The van der Waals surface area contributed by atoms with E-state index in [1.165, 1.54) is 0 Å². The number of methoxy groups -OCH3 is 1. The van der Waals surface area contributed by atoms with Gasteiger partial charge in [0.2, 0.25) is 10.0 Å². The molecule has 2 heterocycles. The van der Waals surface area contributed by atoms with E-state index in [9.17, 15) is 8.42 Å². The number of ether oxygens (including phenoxy) is 1. The van der Waals surface area contributed by atoms with Gasteiger partial charge in [-0.05, 0) is 43.5 Å². The zero-order chi connectivity index (χ0) is 14.9. The molecule has 2 aliphatic rings. The second-order valence-corrected chi connectivity index (χ2v) is 7.64. The molecule has 7 heteroatoms. The van der Waals surface area contributed by atoms with Crippen molar-refractivity contribution >= 4 is 22.4 Å². The molecule has 0 amide bonds. The van der Waals surface area contributed by atoms with Crippen molar-refractivity contribution in [2.75, 3.05) is 20.2 Å². The van der Waals surface area contributed by atoms with Gasteiger partial charge >= 0.3 is 0 Å². The fraction of sp³-hybridized carbons (Fsp3) is 0.600. The lowest BCUT2D eigenvalue weighted by Crippen LogP contribution is -2.42. The lowest BCUT2D eigenvalue weighted by Gasteiger charge is -2.27. The van der Waals surface area contributed by atoms with Crippen LogP contribution in [0.25, 0.3) is 0 Å². The molecule has 2 aliphatic heterocycles. The first-order chi connectivity index (χ1) is 10.1. The normalized spacial score (nSPS) is 25.5. The van der Waals surface area contributed by atoms with Crippen LogP contribution in [0.15, 0.2) is 29.2 Å². The highest BCUT2D eigenvalue weighted by atomic mass is 35.5. The summed E-state index contributed by atoms with van der Waals surface area (Å²) in [5, 5.41) is 3.34. The largest absolute Gasteiger partial charge is 0.380 e. The van der Waals surface area contributed by atoms with Crippen molar-refractivity contribution in [3.05, 3.63) is 29.8 Å². The first kappa shape index (κ1) is 17.7. The Kier molecular flexibility index (Phi) is 5.85. The number of halogens is 1. The fourth-order valence-electron chi connectivity index (χ4n) is 3.41. The summed E-state index contributed by atoms with van der Waals surface area (Å²) < 4.78 is 32.9. The quantitative estimate of drug-likeness (QED) is 0.902. The number of hydrogen-bond donors (Lipinski definition) is 1. The predicted molar refractivity (Wildman–Crippen MR) is 87.7 cm³/mol. The third-order valence-electron chi connectivity index (χ3n) is 4.37. The molecule has 5 nitrogen and oxygen atoms in total. The molecule has 1 aromatic carbocycles. The molecule has 2 atom stereocenters. The summed E-state index contributed by atoms with van der Waals surface area (Å²) in [6, 6.07) is 7.33. The molecule has 0 aliphatic carbocycles. The van der Waals surface area contributed by atoms with Gasteiger partial charge in [-0.15, -0.1) is 12.4 Å². The fourth-order valence-corrected chi connectivity index (χ4v) is 5.39. The Morgan fingerprint density at radius 3 is 2.82 bits per heavy atom. The van der Waals surface area contributed by atoms with E-state index in [2.05, 4.69) is 5.32 Å². The van der Waals surface area contributed by atoms with Gasteiger partial charge in [0.25, 0.3) is 0 Å². The van der Waals surface area contributed by atoms with Crippen LogP contribution in [0, 0.1) is 0 Å². The smallest absolute Gasteiger partial charge is 0.243 e. The van der Waals surface area contributed by atoms with Crippen LogP contribution in [0.1, 0.15) is 24.8 Å². The molecule has 1 N–H and O–H groups in total. The van der Waals surface area contributed by atoms with Crippen molar-refractivity contribution in [3.63, 3.8) is 0 Å². The van der Waals surface area contributed by atoms with Crippen LogP contribution in [0.2, 0.25) is 0 Å². The van der Waals surface area contributed by atoms with Crippen LogP contribution in [0.4, 0.5) is 0 Å². The van der Waals surface area contributed by atoms with E-state index in [-0.39, 0.29) is 24.5 Å². The molecular formula is C15H23ClN2O3S. The number of nitrogens with zero attached hydrogens (tertiary/aromatic N) is 1. The van der Waals surface area contributed by atoms with E-state index in [1.807, 2.05) is 6.07 Å². The molecule has 1 aromatic rings. The first-order valence-corrected chi connectivity index (χ1v) is 8.89. The minimum absolute atomic E-state index is 0. The second kappa shape index (κ2) is 7.27. The summed E-state index contributed by atoms with van der Waals surface area (Å²) in [4.78, 5) is 0.385. The van der Waals surface area contributed by atoms with Crippen molar-refractivity contribution < 1.29 is 13.2 Å². The van der Waals surface area contributed by atoms with Crippen molar-refractivity contribution in [3.8, 4) is 0 Å². The second-order valence-electron chi connectivity index (χ2n) is 5.79. The minimum Gasteiger partial charge on any atom is -0.380 e.